The summed E-state index contributed by atoms with van der Waals surface area (Å²) in [7, 11) is 0. The predicted molar refractivity (Wildman–Crippen MR) is 231 cm³/mol. The van der Waals surface area contributed by atoms with Crippen molar-refractivity contribution < 1.29 is 35.0 Å². The number of rotatable bonds is 14. The molecule has 0 unspecified atom stereocenters. The van der Waals surface area contributed by atoms with Crippen LogP contribution in [0, 0.1) is 13.8 Å². The molecule has 278 valence electrons. The average Bonchev–Trinajstić information content (AvgIpc) is 4.02. The molecular formula is C52H54O2Zr. The van der Waals surface area contributed by atoms with E-state index in [1.807, 2.05) is 26.0 Å². The molecule has 6 aromatic carbocycles. The van der Waals surface area contributed by atoms with Crippen molar-refractivity contribution in [3.8, 4) is 44.9 Å². The van der Waals surface area contributed by atoms with Crippen molar-refractivity contribution in [1.29, 1.82) is 0 Å². The largest absolute Gasteiger partial charge is 2.00 e. The summed E-state index contributed by atoms with van der Waals surface area (Å²) in [5, 5.41) is 5.11. The molecule has 0 bridgehead atoms. The molecule has 0 amide bonds. The van der Waals surface area contributed by atoms with Crippen LogP contribution in [0.15, 0.2) is 142 Å². The standard InChI is InChI=1S/2C26H27O.Zr/c2*1-3-4-5-6-8-20-12-14-21(15-13-20)24-10-7-9-22-17-23(18-25(22)24)26-16-11-19(2)27-26;/h2*7,9-18H,3-6,8H2,1-2H3;/q2*-1;+2. The van der Waals surface area contributed by atoms with E-state index >= 15 is 0 Å². The molecule has 0 saturated heterocycles. The van der Waals surface area contributed by atoms with Gasteiger partial charge in [-0.1, -0.05) is 147 Å². The zero-order valence-corrected chi connectivity index (χ0v) is 35.5. The van der Waals surface area contributed by atoms with E-state index in [-0.39, 0.29) is 26.2 Å². The van der Waals surface area contributed by atoms with Gasteiger partial charge in [0, 0.05) is 0 Å². The van der Waals surface area contributed by atoms with Crippen LogP contribution in [0.25, 0.3) is 66.4 Å². The van der Waals surface area contributed by atoms with E-state index in [1.54, 1.807) is 0 Å². The Labute approximate surface area is 347 Å². The molecule has 0 saturated carbocycles. The summed E-state index contributed by atoms with van der Waals surface area (Å²) in [5.41, 5.74) is 10.3. The molecular weight excluding hydrogens is 748 g/mol. The van der Waals surface area contributed by atoms with Crippen molar-refractivity contribution in [3.63, 3.8) is 0 Å². The number of aryl methyl sites for hydroxylation is 4. The third kappa shape index (κ3) is 10.1. The fourth-order valence-electron chi connectivity index (χ4n) is 7.65. The first kappa shape index (κ1) is 40.2. The van der Waals surface area contributed by atoms with E-state index in [9.17, 15) is 0 Å². The second-order valence-corrected chi connectivity index (χ2v) is 14.9. The van der Waals surface area contributed by atoms with Crippen LogP contribution in [-0.2, 0) is 39.0 Å². The maximum atomic E-state index is 5.82. The fourth-order valence-corrected chi connectivity index (χ4v) is 7.65. The quantitative estimate of drug-likeness (QED) is 0.0809. The third-order valence-corrected chi connectivity index (χ3v) is 10.7. The minimum absolute atomic E-state index is 0. The summed E-state index contributed by atoms with van der Waals surface area (Å²) in [6.45, 7) is 8.50. The summed E-state index contributed by atoms with van der Waals surface area (Å²) in [6.07, 6.45) is 12.9. The molecule has 8 rings (SSSR count). The van der Waals surface area contributed by atoms with Gasteiger partial charge in [-0.05, 0) is 86.1 Å². The number of benzene rings is 4. The number of hydrogen-bond donors (Lipinski definition) is 0. The maximum absolute atomic E-state index is 5.82. The van der Waals surface area contributed by atoms with Gasteiger partial charge < -0.3 is 8.83 Å². The number of furan rings is 2. The van der Waals surface area contributed by atoms with Crippen molar-refractivity contribution in [2.75, 3.05) is 0 Å². The SMILES string of the molecule is CCCCCCc1ccc(-c2cccc3[cH-]c(-c4ccc(C)o4)cc23)cc1.CCCCCCc1ccc(-c2cccc3[cH-]c(-c4ccc(C)o4)cc23)cc1.[Zr+2]. The first-order valence-electron chi connectivity index (χ1n) is 20.2. The molecule has 2 nitrogen and oxygen atoms in total. The van der Waals surface area contributed by atoms with Crippen LogP contribution in [0.1, 0.15) is 87.9 Å². The monoisotopic (exact) mass is 800 g/mol. The fraction of sp³-hybridized carbons (Fsp3) is 0.269. The molecule has 2 aromatic heterocycles. The van der Waals surface area contributed by atoms with Crippen LogP contribution in [-0.4, -0.2) is 0 Å². The van der Waals surface area contributed by atoms with Crippen LogP contribution in [0.3, 0.4) is 0 Å². The van der Waals surface area contributed by atoms with Crippen molar-refractivity contribution in [1.82, 2.24) is 0 Å². The van der Waals surface area contributed by atoms with Crippen LogP contribution in [0.2, 0.25) is 0 Å². The molecule has 0 spiro atoms. The maximum Gasteiger partial charge on any atom is 2.00 e. The van der Waals surface area contributed by atoms with Gasteiger partial charge >= 0.3 is 26.2 Å². The van der Waals surface area contributed by atoms with Crippen LogP contribution >= 0.6 is 0 Å². The van der Waals surface area contributed by atoms with Crippen LogP contribution in [0.5, 0.6) is 0 Å². The topological polar surface area (TPSA) is 26.3 Å². The molecule has 8 aromatic rings. The molecule has 3 heteroatoms. The predicted octanol–water partition coefficient (Wildman–Crippen LogP) is 15.8. The Balaban J connectivity index is 0.000000184. The second kappa shape index (κ2) is 19.4. The molecule has 0 radical (unpaired) electrons. The van der Waals surface area contributed by atoms with Gasteiger partial charge in [-0.25, -0.2) is 0 Å². The molecule has 0 fully saturated rings. The first-order valence-corrected chi connectivity index (χ1v) is 20.2. The average molecular weight is 802 g/mol. The Hall–Kier alpha value is -4.46. The van der Waals surface area contributed by atoms with E-state index in [0.717, 1.165) is 34.2 Å². The second-order valence-electron chi connectivity index (χ2n) is 14.9. The number of hydrogen-bond acceptors (Lipinski definition) is 2. The summed E-state index contributed by atoms with van der Waals surface area (Å²) in [6, 6.07) is 48.4. The van der Waals surface area contributed by atoms with Gasteiger partial charge in [0.15, 0.2) is 0 Å². The minimum Gasteiger partial charge on any atom is -0.496 e. The van der Waals surface area contributed by atoms with Gasteiger partial charge in [0.25, 0.3) is 0 Å². The van der Waals surface area contributed by atoms with Crippen molar-refractivity contribution in [2.24, 2.45) is 0 Å². The van der Waals surface area contributed by atoms with E-state index < -0.39 is 0 Å². The zero-order valence-electron chi connectivity index (χ0n) is 33.1. The Kier molecular flexibility index (Phi) is 14.2. The van der Waals surface area contributed by atoms with Gasteiger partial charge in [0.2, 0.25) is 0 Å². The summed E-state index contributed by atoms with van der Waals surface area (Å²) in [4.78, 5) is 0. The molecule has 55 heavy (non-hydrogen) atoms. The van der Waals surface area contributed by atoms with Gasteiger partial charge in [-0.15, -0.1) is 57.9 Å². The third-order valence-electron chi connectivity index (χ3n) is 10.7. The van der Waals surface area contributed by atoms with Crippen LogP contribution < -0.4 is 0 Å². The Morgan fingerprint density at radius 2 is 0.873 bits per heavy atom. The van der Waals surface area contributed by atoms with Gasteiger partial charge in [0.1, 0.15) is 0 Å². The Bertz CT molecular complexity index is 2200. The van der Waals surface area contributed by atoms with Crippen molar-refractivity contribution in [3.05, 3.63) is 156 Å². The van der Waals surface area contributed by atoms with E-state index in [1.165, 1.54) is 119 Å². The van der Waals surface area contributed by atoms with E-state index in [2.05, 4.69) is 135 Å². The molecule has 0 aliphatic heterocycles. The molecule has 0 aliphatic rings. The number of fused-ring (bicyclic) bond motifs is 2. The molecule has 0 atom stereocenters. The van der Waals surface area contributed by atoms with Crippen molar-refractivity contribution in [2.45, 2.75) is 91.9 Å². The molecule has 0 aliphatic carbocycles. The van der Waals surface area contributed by atoms with E-state index in [4.69, 9.17) is 8.83 Å². The first-order chi connectivity index (χ1) is 26.5. The smallest absolute Gasteiger partial charge is 0.496 e. The molecule has 2 heterocycles. The summed E-state index contributed by atoms with van der Waals surface area (Å²) >= 11 is 0. The Morgan fingerprint density at radius 1 is 0.455 bits per heavy atom. The van der Waals surface area contributed by atoms with Gasteiger partial charge in [0.05, 0.1) is 23.0 Å². The van der Waals surface area contributed by atoms with Gasteiger partial charge in [-0.2, -0.15) is 0 Å². The normalized spacial score (nSPS) is 11.1. The minimum atomic E-state index is 0. The molecule has 0 N–H and O–H groups in total. The Morgan fingerprint density at radius 3 is 1.24 bits per heavy atom. The van der Waals surface area contributed by atoms with E-state index in [0.29, 0.717) is 0 Å². The van der Waals surface area contributed by atoms with Crippen molar-refractivity contribution >= 4 is 21.5 Å². The zero-order chi connectivity index (χ0) is 37.3. The van der Waals surface area contributed by atoms with Crippen LogP contribution in [0.4, 0.5) is 0 Å². The number of unbranched alkanes of at least 4 members (excludes halogenated alkanes) is 6. The summed E-state index contributed by atoms with van der Waals surface area (Å²) in [5.74, 6) is 3.78. The van der Waals surface area contributed by atoms with Gasteiger partial charge in [-0.3, -0.25) is 0 Å². The summed E-state index contributed by atoms with van der Waals surface area (Å²) < 4.78 is 11.6.